The Balaban J connectivity index is -0.0000000280. The van der Waals surface area contributed by atoms with E-state index >= 15 is 0 Å². The summed E-state index contributed by atoms with van der Waals surface area (Å²) < 4.78 is 0. The summed E-state index contributed by atoms with van der Waals surface area (Å²) in [4.78, 5) is 0. The Morgan fingerprint density at radius 1 is 0.246 bits per heavy atom. The van der Waals surface area contributed by atoms with E-state index in [-0.39, 0.29) is 242 Å². The second-order valence-electron chi connectivity index (χ2n) is 29.2. The first-order chi connectivity index (χ1) is 44.9. The molecule has 4 unspecified atom stereocenters. The Labute approximate surface area is 848 Å². The summed E-state index contributed by atoms with van der Waals surface area (Å²) in [5.41, 5.74) is 5.85. The zero-order chi connectivity index (χ0) is 76.1. The molecule has 0 spiro atoms. The molecule has 114 heavy (non-hydrogen) atoms. The molecule has 9 saturated carbocycles. The zero-order valence-electron chi connectivity index (χ0n) is 81.3. The molecular weight excluding hydrogens is 2180 g/mol. The quantitative estimate of drug-likeness (QED) is 0.188. The number of hydrogen-bond donors (Lipinski definition) is 0. The number of rotatable bonds is 6. The number of allylic oxidation sites excluding steroid dienone is 9. The molecule has 0 N–H and O–H groups in total. The van der Waals surface area contributed by atoms with Crippen molar-refractivity contribution in [1.82, 2.24) is 0 Å². The van der Waals surface area contributed by atoms with Crippen LogP contribution in [-0.2, 0) is 175 Å². The monoisotopic (exact) mass is 2380 g/mol. The van der Waals surface area contributed by atoms with Crippen LogP contribution >= 0.6 is 0 Å². The van der Waals surface area contributed by atoms with Crippen molar-refractivity contribution in [2.75, 3.05) is 28.2 Å². The third-order valence-electron chi connectivity index (χ3n) is 17.6. The van der Waals surface area contributed by atoms with E-state index in [0.717, 1.165) is 53.3 Å². The van der Waals surface area contributed by atoms with Gasteiger partial charge in [0.1, 0.15) is 0 Å². The van der Waals surface area contributed by atoms with Crippen LogP contribution in [0.3, 0.4) is 0 Å². The molecule has 5 radical (unpaired) electrons. The summed E-state index contributed by atoms with van der Waals surface area (Å²) in [5, 5.41) is 14.3. The van der Waals surface area contributed by atoms with Gasteiger partial charge in [-0.15, -0.1) is 62.8 Å². The Bertz CT molecular complexity index is 1450. The van der Waals surface area contributed by atoms with Gasteiger partial charge in [-0.25, -0.2) is 0 Å². The minimum Gasteiger partial charge on any atom is -0.721 e. The van der Waals surface area contributed by atoms with Gasteiger partial charge in [0.2, 0.25) is 0 Å². The average Bonchev–Trinajstić information content (AvgIpc) is 1.73. The fraction of sp³-hybridized carbons (Fsp3) is 0.683. The van der Waals surface area contributed by atoms with Gasteiger partial charge in [0.25, 0.3) is 0 Å². The molecule has 0 aromatic rings. The summed E-state index contributed by atoms with van der Waals surface area (Å²) in [5.74, 6) is 9.19. The molecule has 0 heterocycles. The minimum absolute atomic E-state index is 0. The van der Waals surface area contributed by atoms with E-state index in [0.29, 0.717) is 50.7 Å². The molecule has 9 rings (SSSR count). The van der Waals surface area contributed by atoms with Crippen molar-refractivity contribution in [3.8, 4) is 0 Å². The Kier molecular flexibility index (Phi) is 264. The first-order valence-corrected chi connectivity index (χ1v) is 38.7. The largest absolute Gasteiger partial charge is 3.00 e. The van der Waals surface area contributed by atoms with Crippen molar-refractivity contribution in [2.45, 2.75) is 369 Å². The molecule has 9 aliphatic carbocycles. The molecule has 0 amide bonds. The number of hydrogen-bond acceptors (Lipinski definition) is 0. The van der Waals surface area contributed by atoms with Gasteiger partial charge in [0, 0.05) is 0 Å². The summed E-state index contributed by atoms with van der Waals surface area (Å²) in [6.45, 7) is 98.3. The molecule has 697 valence electrons. The van der Waals surface area contributed by atoms with Crippen molar-refractivity contribution in [3.63, 3.8) is 0 Å². The molecule has 0 saturated heterocycles. The summed E-state index contributed by atoms with van der Waals surface area (Å²) >= 11 is 0. The molecule has 4 atom stereocenters. The summed E-state index contributed by atoms with van der Waals surface area (Å²) in [6, 6.07) is 0. The van der Waals surface area contributed by atoms with Gasteiger partial charge in [-0.1, -0.05) is 328 Å². The molecule has 0 aliphatic heterocycles. The van der Waals surface area contributed by atoms with Crippen LogP contribution in [0.5, 0.6) is 0 Å². The molecule has 4 nitrogen and oxygen atoms in total. The third-order valence-corrected chi connectivity index (χ3v) is 17.6. The number of nitrogens with zero attached hydrogens (tertiary/aromatic N) is 4. The summed E-state index contributed by atoms with van der Waals surface area (Å²) in [7, 11) is 6.65. The predicted octanol–water partition coefficient (Wildman–Crippen LogP) is 35.9. The van der Waals surface area contributed by atoms with E-state index < -0.39 is 0 Å². The Morgan fingerprint density at radius 2 is 0.342 bits per heavy atom. The standard InChI is InChI=1S/C9H18.2C7H14.3C6H12.3C5H10.4C4H7N.5C4H6.9CH3.9Ru/c1-6-5-7(2)9(4)8(6)3;2*1-2-7-5-3-4-6-7;3*1-6-4-2-3-5-6;3*1-2-4-5-3-1;4*1-4(2)5-3;5*1-4(2)3;;;;;;;;;;;;;;;;;;/h6-9H,5H2,1-4H3;2*7H,2-6H2,1H3;3*6H,2-5H2,1H3;3*1-5H2;4*1H,2-3H3;5*1H,2H2,3H3;9*1H3;;;;;;;;;/q;;;;;;;;;9*-2;9*-1;4*+2;5*+3. The SMILES string of the molecule is C1CCCC1.C1CCCC1.C1CCCC1.CC1CC(C)C(C)C1C.CC1CCCC1.CC1CCCC1.CC1CCCC1.CCC1CCCC1.CCC1CCCC1.[CH-]=C(C)[N-]C.[CH-]=C(C)[N-]C.[CH-]=C(C)[N-]C.[CH-]=C(C)[N-]C.[CH-]=C([CH2-])C.[CH-]=C([CH2-])C.[CH-]=C([CH2-])C.[CH-]=C([CH2-])C.[CH-]=C([CH2-])C.[CH3-].[CH3-].[CH3-].[CH3-].[CH3-].[CH3-].[CH3-].[CH3-].[CH3-].[Ru+2].[Ru+2].[Ru+2].[Ru+2].[Ru+3].[Ru+3].[Ru+3].[Ru+3].[Ru+3]. The van der Waals surface area contributed by atoms with Crippen LogP contribution in [0, 0.1) is 214 Å². The normalized spacial score (nSPS) is 16.5. The smallest absolute Gasteiger partial charge is 0.721 e. The van der Waals surface area contributed by atoms with Crippen LogP contribution < -0.4 is 0 Å². The Hall–Kier alpha value is 1.82. The van der Waals surface area contributed by atoms with Crippen molar-refractivity contribution in [2.24, 2.45) is 53.3 Å². The van der Waals surface area contributed by atoms with E-state index in [2.05, 4.69) is 118 Å². The van der Waals surface area contributed by atoms with Crippen LogP contribution in [0.15, 0.2) is 50.7 Å². The molecule has 9 fully saturated rings. The average molecular weight is 2380 g/mol. The molecule has 0 aromatic carbocycles. The van der Waals surface area contributed by atoms with Gasteiger partial charge in [0.05, 0.1) is 0 Å². The minimum atomic E-state index is 0. The second kappa shape index (κ2) is 155. The van der Waals surface area contributed by atoms with E-state index in [1.165, 1.54) is 244 Å². The van der Waals surface area contributed by atoms with Crippen LogP contribution in [0.4, 0.5) is 0 Å². The molecule has 0 aromatic heterocycles. The molecule has 0 bridgehead atoms. The van der Waals surface area contributed by atoms with E-state index in [9.17, 15) is 0 Å². The fourth-order valence-corrected chi connectivity index (χ4v) is 10.9. The maximum absolute atomic E-state index is 5.04. The van der Waals surface area contributed by atoms with Gasteiger partial charge >= 0.3 is 175 Å². The van der Waals surface area contributed by atoms with E-state index in [1.54, 1.807) is 90.5 Å². The van der Waals surface area contributed by atoms with Crippen LogP contribution in [-0.4, -0.2) is 28.2 Å². The van der Waals surface area contributed by atoms with Crippen molar-refractivity contribution in [3.05, 3.63) is 233 Å². The maximum atomic E-state index is 5.04. The molecular formula is C101H197N4Ru9-4. The van der Waals surface area contributed by atoms with E-state index in [1.807, 2.05) is 0 Å². The first kappa shape index (κ1) is 194. The van der Waals surface area contributed by atoms with Crippen LogP contribution in [0.2, 0.25) is 0 Å². The zero-order valence-corrected chi connectivity index (χ0v) is 96.9. The molecule has 9 aliphatic rings. The predicted molar refractivity (Wildman–Crippen MR) is 501 cm³/mol. The second-order valence-corrected chi connectivity index (χ2v) is 29.2. The van der Waals surface area contributed by atoms with Crippen molar-refractivity contribution in [1.29, 1.82) is 0 Å². The maximum Gasteiger partial charge on any atom is 3.00 e. The van der Waals surface area contributed by atoms with Crippen LogP contribution in [0.1, 0.15) is 369 Å². The van der Waals surface area contributed by atoms with Crippen molar-refractivity contribution < 1.29 is 175 Å². The van der Waals surface area contributed by atoms with Gasteiger partial charge < -0.3 is 233 Å². The topological polar surface area (TPSA) is 56.4 Å². The van der Waals surface area contributed by atoms with Gasteiger partial charge in [-0.05, 0) is 59.7 Å². The van der Waals surface area contributed by atoms with E-state index in [4.69, 9.17) is 59.2 Å². The fourth-order valence-electron chi connectivity index (χ4n) is 10.9. The van der Waals surface area contributed by atoms with Crippen molar-refractivity contribution >= 4 is 0 Å². The molecule has 13 heteroatoms. The van der Waals surface area contributed by atoms with Gasteiger partial charge in [-0.3, -0.25) is 0 Å². The first-order valence-electron chi connectivity index (χ1n) is 38.7. The van der Waals surface area contributed by atoms with Gasteiger partial charge in [0.15, 0.2) is 0 Å². The Morgan fingerprint density at radius 3 is 0.386 bits per heavy atom. The van der Waals surface area contributed by atoms with Crippen LogP contribution in [0.25, 0.3) is 21.3 Å². The third kappa shape index (κ3) is 227. The van der Waals surface area contributed by atoms with Gasteiger partial charge in [-0.2, -0.15) is 0 Å². The summed E-state index contributed by atoms with van der Waals surface area (Å²) in [6.07, 6.45) is 56.7.